The number of carbonyl (C=O) groups excluding carboxylic acids is 1. The highest BCUT2D eigenvalue weighted by Gasteiger charge is 2.14. The SMILES string of the molecule is COC(=O)c1ccccc1Cn1ccnc1-c1ccccc1Cl. The van der Waals surface area contributed by atoms with E-state index in [0.29, 0.717) is 17.1 Å². The number of benzene rings is 2. The minimum atomic E-state index is -0.347. The van der Waals surface area contributed by atoms with Gasteiger partial charge in [0, 0.05) is 24.5 Å². The smallest absolute Gasteiger partial charge is 0.338 e. The van der Waals surface area contributed by atoms with Crippen molar-refractivity contribution in [1.82, 2.24) is 9.55 Å². The Morgan fingerprint density at radius 2 is 1.91 bits per heavy atom. The molecule has 0 amide bonds. The number of hydrogen-bond acceptors (Lipinski definition) is 3. The van der Waals surface area contributed by atoms with Gasteiger partial charge in [0.15, 0.2) is 0 Å². The van der Waals surface area contributed by atoms with Gasteiger partial charge >= 0.3 is 5.97 Å². The normalized spacial score (nSPS) is 10.5. The Morgan fingerprint density at radius 3 is 2.70 bits per heavy atom. The standard InChI is InChI=1S/C18H15ClN2O2/c1-23-18(22)14-7-3-2-6-13(14)12-21-11-10-20-17(21)15-8-4-5-9-16(15)19/h2-11H,12H2,1H3. The van der Waals surface area contributed by atoms with E-state index < -0.39 is 0 Å². The highest BCUT2D eigenvalue weighted by molar-refractivity contribution is 6.33. The van der Waals surface area contributed by atoms with Gasteiger partial charge in [-0.3, -0.25) is 0 Å². The second-order valence-electron chi connectivity index (χ2n) is 5.01. The first kappa shape index (κ1) is 15.3. The molecule has 0 aliphatic heterocycles. The first-order valence-corrected chi connectivity index (χ1v) is 7.50. The minimum Gasteiger partial charge on any atom is -0.465 e. The molecule has 0 unspecified atom stereocenters. The number of aromatic nitrogens is 2. The second-order valence-corrected chi connectivity index (χ2v) is 5.41. The van der Waals surface area contributed by atoms with Crippen molar-refractivity contribution in [3.63, 3.8) is 0 Å². The van der Waals surface area contributed by atoms with Crippen LogP contribution in [0.3, 0.4) is 0 Å². The molecule has 3 aromatic rings. The molecule has 0 N–H and O–H groups in total. The van der Waals surface area contributed by atoms with E-state index in [4.69, 9.17) is 16.3 Å². The molecule has 0 aliphatic rings. The lowest BCUT2D eigenvalue weighted by molar-refractivity contribution is 0.0599. The third-order valence-electron chi connectivity index (χ3n) is 3.59. The number of imidazole rings is 1. The Kier molecular flexibility index (Phi) is 4.44. The van der Waals surface area contributed by atoms with E-state index in [2.05, 4.69) is 4.98 Å². The van der Waals surface area contributed by atoms with Crippen molar-refractivity contribution in [3.05, 3.63) is 77.1 Å². The zero-order chi connectivity index (χ0) is 16.2. The summed E-state index contributed by atoms with van der Waals surface area (Å²) in [6.45, 7) is 0.506. The molecule has 2 aromatic carbocycles. The summed E-state index contributed by atoms with van der Waals surface area (Å²) in [6.07, 6.45) is 3.59. The van der Waals surface area contributed by atoms with Crippen LogP contribution in [-0.4, -0.2) is 22.6 Å². The molecule has 116 valence electrons. The van der Waals surface area contributed by atoms with Crippen LogP contribution in [0.1, 0.15) is 15.9 Å². The summed E-state index contributed by atoms with van der Waals surface area (Å²) in [5.41, 5.74) is 2.27. The van der Waals surface area contributed by atoms with E-state index in [1.807, 2.05) is 53.2 Å². The average Bonchev–Trinajstić information content (AvgIpc) is 3.03. The van der Waals surface area contributed by atoms with Gasteiger partial charge in [-0.05, 0) is 23.8 Å². The number of carbonyl (C=O) groups is 1. The maximum absolute atomic E-state index is 11.9. The van der Waals surface area contributed by atoms with Crippen molar-refractivity contribution in [2.45, 2.75) is 6.54 Å². The largest absolute Gasteiger partial charge is 0.465 e. The molecule has 3 rings (SSSR count). The predicted octanol–water partition coefficient (Wildman–Crippen LogP) is 4.04. The number of esters is 1. The van der Waals surface area contributed by atoms with Gasteiger partial charge in [-0.25, -0.2) is 9.78 Å². The van der Waals surface area contributed by atoms with E-state index >= 15 is 0 Å². The van der Waals surface area contributed by atoms with Crippen molar-refractivity contribution in [2.24, 2.45) is 0 Å². The fourth-order valence-corrected chi connectivity index (χ4v) is 2.69. The monoisotopic (exact) mass is 326 g/mol. The highest BCUT2D eigenvalue weighted by Crippen LogP contribution is 2.27. The number of hydrogen-bond donors (Lipinski definition) is 0. The summed E-state index contributed by atoms with van der Waals surface area (Å²) < 4.78 is 6.81. The Balaban J connectivity index is 1.99. The Labute approximate surface area is 139 Å². The van der Waals surface area contributed by atoms with Gasteiger partial charge in [0.2, 0.25) is 0 Å². The van der Waals surface area contributed by atoms with Gasteiger partial charge in [0.25, 0.3) is 0 Å². The van der Waals surface area contributed by atoms with Crippen LogP contribution in [0, 0.1) is 0 Å². The average molecular weight is 327 g/mol. The fraction of sp³-hybridized carbons (Fsp3) is 0.111. The summed E-state index contributed by atoms with van der Waals surface area (Å²) >= 11 is 6.27. The van der Waals surface area contributed by atoms with Crippen molar-refractivity contribution < 1.29 is 9.53 Å². The number of rotatable bonds is 4. The molecule has 0 saturated carbocycles. The molecular weight excluding hydrogens is 312 g/mol. The summed E-state index contributed by atoms with van der Waals surface area (Å²) in [4.78, 5) is 16.3. The first-order chi connectivity index (χ1) is 11.2. The number of nitrogens with zero attached hydrogens (tertiary/aromatic N) is 2. The lowest BCUT2D eigenvalue weighted by Crippen LogP contribution is -2.09. The topological polar surface area (TPSA) is 44.1 Å². The van der Waals surface area contributed by atoms with Crippen LogP contribution in [0.4, 0.5) is 0 Å². The summed E-state index contributed by atoms with van der Waals surface area (Å²) in [5, 5.41) is 0.640. The predicted molar refractivity (Wildman–Crippen MR) is 89.6 cm³/mol. The molecule has 4 nitrogen and oxygen atoms in total. The molecule has 0 bridgehead atoms. The van der Waals surface area contributed by atoms with Gasteiger partial charge in [-0.2, -0.15) is 0 Å². The molecule has 1 aromatic heterocycles. The summed E-state index contributed by atoms with van der Waals surface area (Å²) in [7, 11) is 1.38. The van der Waals surface area contributed by atoms with Crippen molar-refractivity contribution >= 4 is 17.6 Å². The maximum Gasteiger partial charge on any atom is 0.338 e. The third kappa shape index (κ3) is 3.12. The summed E-state index contributed by atoms with van der Waals surface area (Å²) in [6, 6.07) is 14.9. The van der Waals surface area contributed by atoms with E-state index in [1.165, 1.54) is 7.11 Å². The Morgan fingerprint density at radius 1 is 1.17 bits per heavy atom. The quantitative estimate of drug-likeness (QED) is 0.680. The van der Waals surface area contributed by atoms with Gasteiger partial charge in [0.05, 0.1) is 17.7 Å². The van der Waals surface area contributed by atoms with E-state index in [-0.39, 0.29) is 5.97 Å². The van der Waals surface area contributed by atoms with Gasteiger partial charge in [0.1, 0.15) is 5.82 Å². The highest BCUT2D eigenvalue weighted by atomic mass is 35.5. The Bertz CT molecular complexity index is 842. The van der Waals surface area contributed by atoms with Crippen LogP contribution < -0.4 is 0 Å². The zero-order valence-electron chi connectivity index (χ0n) is 12.6. The lowest BCUT2D eigenvalue weighted by atomic mass is 10.1. The van der Waals surface area contributed by atoms with Crippen LogP contribution in [0.25, 0.3) is 11.4 Å². The molecule has 23 heavy (non-hydrogen) atoms. The fourth-order valence-electron chi connectivity index (χ4n) is 2.47. The molecule has 0 atom stereocenters. The first-order valence-electron chi connectivity index (χ1n) is 7.13. The van der Waals surface area contributed by atoms with Gasteiger partial charge in [-0.15, -0.1) is 0 Å². The van der Waals surface area contributed by atoms with E-state index in [9.17, 15) is 4.79 Å². The van der Waals surface area contributed by atoms with Crippen LogP contribution in [0.2, 0.25) is 5.02 Å². The van der Waals surface area contributed by atoms with Gasteiger partial charge < -0.3 is 9.30 Å². The molecular formula is C18H15ClN2O2. The van der Waals surface area contributed by atoms with Crippen LogP contribution >= 0.6 is 11.6 Å². The maximum atomic E-state index is 11.9. The van der Waals surface area contributed by atoms with Crippen LogP contribution in [0.15, 0.2) is 60.9 Å². The molecule has 0 radical (unpaired) electrons. The molecule has 0 saturated heterocycles. The number of methoxy groups -OCH3 is 1. The van der Waals surface area contributed by atoms with Crippen molar-refractivity contribution in [1.29, 1.82) is 0 Å². The van der Waals surface area contributed by atoms with E-state index in [1.54, 1.807) is 12.3 Å². The third-order valence-corrected chi connectivity index (χ3v) is 3.92. The van der Waals surface area contributed by atoms with Crippen LogP contribution in [-0.2, 0) is 11.3 Å². The molecule has 5 heteroatoms. The minimum absolute atomic E-state index is 0.347. The molecule has 0 fully saturated rings. The molecule has 0 spiro atoms. The number of halogens is 1. The van der Waals surface area contributed by atoms with Crippen molar-refractivity contribution in [3.8, 4) is 11.4 Å². The molecule has 0 aliphatic carbocycles. The van der Waals surface area contributed by atoms with Gasteiger partial charge in [-0.1, -0.05) is 41.9 Å². The number of ether oxygens (including phenoxy) is 1. The molecule has 1 heterocycles. The second kappa shape index (κ2) is 6.67. The van der Waals surface area contributed by atoms with E-state index in [0.717, 1.165) is 17.0 Å². The lowest BCUT2D eigenvalue weighted by Gasteiger charge is -2.12. The van der Waals surface area contributed by atoms with Crippen LogP contribution in [0.5, 0.6) is 0 Å². The zero-order valence-corrected chi connectivity index (χ0v) is 13.3. The van der Waals surface area contributed by atoms with Crippen molar-refractivity contribution in [2.75, 3.05) is 7.11 Å². The Hall–Kier alpha value is -2.59. The summed E-state index contributed by atoms with van der Waals surface area (Å²) in [5.74, 6) is 0.412.